The van der Waals surface area contributed by atoms with Crippen molar-refractivity contribution in [2.45, 2.75) is 58.4 Å². The van der Waals surface area contributed by atoms with Gasteiger partial charge in [-0.05, 0) is 52.6 Å². The Hall–Kier alpha value is -0.110. The Morgan fingerprint density at radius 1 is 1.27 bits per heavy atom. The molecule has 0 aromatic heterocycles. The number of hydrogen-bond donors (Lipinski definition) is 0. The number of unbranched alkanes of at least 4 members (excludes halogenated alkanes) is 1. The Balaban J connectivity index is 4.19. The molecule has 0 radical (unpaired) electrons. The molecular formula is C13H28FN. The van der Waals surface area contributed by atoms with E-state index >= 15 is 0 Å². The van der Waals surface area contributed by atoms with E-state index in [1.54, 1.807) is 0 Å². The largest absolute Gasteiger partial charge is 0.304 e. The molecule has 0 rings (SSSR count). The summed E-state index contributed by atoms with van der Waals surface area (Å²) < 4.78 is 12.1. The van der Waals surface area contributed by atoms with Crippen LogP contribution in [0.5, 0.6) is 0 Å². The maximum absolute atomic E-state index is 12.1. The van der Waals surface area contributed by atoms with Crippen molar-refractivity contribution in [2.24, 2.45) is 5.92 Å². The van der Waals surface area contributed by atoms with Crippen LogP contribution in [0.3, 0.4) is 0 Å². The molecule has 0 aliphatic carbocycles. The van der Waals surface area contributed by atoms with Gasteiger partial charge in [0.2, 0.25) is 0 Å². The number of alkyl halides is 1. The van der Waals surface area contributed by atoms with Gasteiger partial charge in [-0.25, -0.2) is 0 Å². The minimum Gasteiger partial charge on any atom is -0.304 e. The summed E-state index contributed by atoms with van der Waals surface area (Å²) in [4.78, 5) is 2.30. The van der Waals surface area contributed by atoms with Gasteiger partial charge in [0.1, 0.15) is 0 Å². The number of nitrogens with zero attached hydrogens (tertiary/aromatic N) is 1. The first-order valence-electron chi connectivity index (χ1n) is 6.19. The topological polar surface area (TPSA) is 3.24 Å². The molecule has 0 fully saturated rings. The lowest BCUT2D eigenvalue weighted by Crippen LogP contribution is -2.42. The van der Waals surface area contributed by atoms with Crippen LogP contribution in [0.2, 0.25) is 0 Å². The molecule has 15 heavy (non-hydrogen) atoms. The first-order chi connectivity index (χ1) is 6.96. The van der Waals surface area contributed by atoms with Crippen molar-refractivity contribution in [3.8, 4) is 0 Å². The fourth-order valence-corrected chi connectivity index (χ4v) is 2.00. The SMILES string of the molecule is CC[C@H](C)C[C@](C)(CCCCF)N(C)C. The van der Waals surface area contributed by atoms with Gasteiger partial charge in [-0.2, -0.15) is 0 Å². The quantitative estimate of drug-likeness (QED) is 0.558. The summed E-state index contributed by atoms with van der Waals surface area (Å²) in [6, 6.07) is 0. The average molecular weight is 217 g/mol. The fourth-order valence-electron chi connectivity index (χ4n) is 2.00. The van der Waals surface area contributed by atoms with Crippen molar-refractivity contribution >= 4 is 0 Å². The Labute approximate surface area is 95.0 Å². The molecule has 0 N–H and O–H groups in total. The molecule has 92 valence electrons. The van der Waals surface area contributed by atoms with Crippen LogP contribution in [0.15, 0.2) is 0 Å². The molecule has 0 amide bonds. The zero-order chi connectivity index (χ0) is 11.9. The summed E-state index contributed by atoms with van der Waals surface area (Å²) in [5, 5.41) is 0. The highest BCUT2D eigenvalue weighted by Gasteiger charge is 2.27. The van der Waals surface area contributed by atoms with Gasteiger partial charge in [0.05, 0.1) is 6.67 Å². The lowest BCUT2D eigenvalue weighted by atomic mass is 9.83. The van der Waals surface area contributed by atoms with Gasteiger partial charge in [-0.15, -0.1) is 0 Å². The van der Waals surface area contributed by atoms with E-state index in [1.165, 1.54) is 12.8 Å². The maximum Gasteiger partial charge on any atom is 0.0894 e. The number of rotatable bonds is 8. The normalized spacial score (nSPS) is 17.8. The van der Waals surface area contributed by atoms with Gasteiger partial charge < -0.3 is 4.90 Å². The third-order valence-corrected chi connectivity index (χ3v) is 3.66. The Morgan fingerprint density at radius 3 is 2.27 bits per heavy atom. The summed E-state index contributed by atoms with van der Waals surface area (Å²) >= 11 is 0. The molecule has 0 spiro atoms. The lowest BCUT2D eigenvalue weighted by Gasteiger charge is -2.38. The first kappa shape index (κ1) is 14.9. The van der Waals surface area contributed by atoms with E-state index in [2.05, 4.69) is 39.8 Å². The van der Waals surface area contributed by atoms with Gasteiger partial charge in [0.15, 0.2) is 0 Å². The lowest BCUT2D eigenvalue weighted by molar-refractivity contribution is 0.122. The zero-order valence-electron chi connectivity index (χ0n) is 11.1. The molecule has 0 aliphatic heterocycles. The monoisotopic (exact) mass is 217 g/mol. The molecule has 2 heteroatoms. The third kappa shape index (κ3) is 5.50. The van der Waals surface area contributed by atoms with Crippen molar-refractivity contribution in [2.75, 3.05) is 20.8 Å². The highest BCUT2D eigenvalue weighted by Crippen LogP contribution is 2.28. The minimum atomic E-state index is -0.174. The van der Waals surface area contributed by atoms with Crippen molar-refractivity contribution in [3.05, 3.63) is 0 Å². The molecule has 1 nitrogen and oxygen atoms in total. The standard InChI is InChI=1S/C13H28FN/c1-6-12(2)11-13(3,15(4)5)9-7-8-10-14/h12H,6-11H2,1-5H3/t12-,13-/m0/s1. The second-order valence-corrected chi connectivity index (χ2v) is 5.26. The van der Waals surface area contributed by atoms with Gasteiger partial charge >= 0.3 is 0 Å². The Morgan fingerprint density at radius 2 is 1.87 bits per heavy atom. The number of hydrogen-bond acceptors (Lipinski definition) is 1. The van der Waals surface area contributed by atoms with Gasteiger partial charge in [-0.3, -0.25) is 4.39 Å². The molecule has 0 aromatic carbocycles. The van der Waals surface area contributed by atoms with E-state index in [9.17, 15) is 4.39 Å². The highest BCUT2D eigenvalue weighted by molar-refractivity contribution is 4.84. The van der Waals surface area contributed by atoms with E-state index in [-0.39, 0.29) is 12.2 Å². The first-order valence-corrected chi connectivity index (χ1v) is 6.19. The predicted molar refractivity (Wildman–Crippen MR) is 66.0 cm³/mol. The maximum atomic E-state index is 12.1. The summed E-state index contributed by atoms with van der Waals surface area (Å²) in [6.07, 6.45) is 5.26. The van der Waals surface area contributed by atoms with Crippen molar-refractivity contribution in [1.82, 2.24) is 4.90 Å². The van der Waals surface area contributed by atoms with E-state index in [4.69, 9.17) is 0 Å². The molecular weight excluding hydrogens is 189 g/mol. The molecule has 0 aromatic rings. The average Bonchev–Trinajstić information content (AvgIpc) is 2.17. The summed E-state index contributed by atoms with van der Waals surface area (Å²) in [6.45, 7) is 6.67. The van der Waals surface area contributed by atoms with Crippen LogP contribution in [0, 0.1) is 5.92 Å². The zero-order valence-corrected chi connectivity index (χ0v) is 11.1. The second kappa shape index (κ2) is 7.21. The van der Waals surface area contributed by atoms with Gasteiger partial charge in [-0.1, -0.05) is 20.3 Å². The van der Waals surface area contributed by atoms with Crippen molar-refractivity contribution in [3.63, 3.8) is 0 Å². The molecule has 0 aliphatic rings. The Bertz CT molecular complexity index is 159. The molecule has 0 saturated heterocycles. The van der Waals surface area contributed by atoms with E-state index in [0.29, 0.717) is 6.42 Å². The smallest absolute Gasteiger partial charge is 0.0894 e. The summed E-state index contributed by atoms with van der Waals surface area (Å²) in [5.41, 5.74) is 0.241. The van der Waals surface area contributed by atoms with Crippen LogP contribution in [0.4, 0.5) is 4.39 Å². The molecule has 0 heterocycles. The van der Waals surface area contributed by atoms with Crippen LogP contribution in [-0.2, 0) is 0 Å². The van der Waals surface area contributed by atoms with Crippen LogP contribution in [0.25, 0.3) is 0 Å². The van der Waals surface area contributed by atoms with Crippen molar-refractivity contribution < 1.29 is 4.39 Å². The predicted octanol–water partition coefficient (Wildman–Crippen LogP) is 3.88. The van der Waals surface area contributed by atoms with Crippen LogP contribution in [-0.4, -0.2) is 31.2 Å². The van der Waals surface area contributed by atoms with Crippen LogP contribution in [0.1, 0.15) is 52.9 Å². The van der Waals surface area contributed by atoms with E-state index < -0.39 is 0 Å². The second-order valence-electron chi connectivity index (χ2n) is 5.26. The van der Waals surface area contributed by atoms with Crippen LogP contribution < -0.4 is 0 Å². The summed E-state index contributed by atoms with van der Waals surface area (Å²) in [7, 11) is 4.27. The molecule has 2 atom stereocenters. The van der Waals surface area contributed by atoms with Crippen molar-refractivity contribution in [1.29, 1.82) is 0 Å². The highest BCUT2D eigenvalue weighted by atomic mass is 19.1. The number of halogens is 1. The van der Waals surface area contributed by atoms with Gasteiger partial charge in [0.25, 0.3) is 0 Å². The molecule has 0 unspecified atom stereocenters. The van der Waals surface area contributed by atoms with Crippen LogP contribution >= 0.6 is 0 Å². The third-order valence-electron chi connectivity index (χ3n) is 3.66. The minimum absolute atomic E-state index is 0.174. The van der Waals surface area contributed by atoms with Gasteiger partial charge in [0, 0.05) is 5.54 Å². The fraction of sp³-hybridized carbons (Fsp3) is 1.00. The molecule has 0 saturated carbocycles. The van der Waals surface area contributed by atoms with E-state index in [1.807, 2.05) is 0 Å². The Kier molecular flexibility index (Phi) is 7.16. The molecule has 0 bridgehead atoms. The summed E-state index contributed by atoms with van der Waals surface area (Å²) in [5.74, 6) is 0.753. The van der Waals surface area contributed by atoms with E-state index in [0.717, 1.165) is 18.8 Å².